The second kappa shape index (κ2) is 6.10. The summed E-state index contributed by atoms with van der Waals surface area (Å²) in [6.07, 6.45) is 1.41. The van der Waals surface area contributed by atoms with Crippen LogP contribution in [0.5, 0.6) is 0 Å². The minimum atomic E-state index is -0.979. The van der Waals surface area contributed by atoms with E-state index in [4.69, 9.17) is 4.74 Å². The van der Waals surface area contributed by atoms with Crippen molar-refractivity contribution in [3.8, 4) is 0 Å². The van der Waals surface area contributed by atoms with Gasteiger partial charge in [0.2, 0.25) is 0 Å². The maximum Gasteiger partial charge on any atom is 0.302 e. The van der Waals surface area contributed by atoms with Gasteiger partial charge in [0.1, 0.15) is 0 Å². The first-order valence-corrected chi connectivity index (χ1v) is 8.31. The smallest absolute Gasteiger partial charge is 0.302 e. The Bertz CT molecular complexity index is 421. The summed E-state index contributed by atoms with van der Waals surface area (Å²) in [5.74, 6) is -0.683. The van der Waals surface area contributed by atoms with Gasteiger partial charge in [-0.2, -0.15) is 0 Å². The summed E-state index contributed by atoms with van der Waals surface area (Å²) in [5, 5.41) is 32.1. The standard InChI is InChI=1S/C17H30O5/c1-10(9-22-11(2)18)12-5-7-16(3)13(19)6-8-17(4,21)15(16)14(12)20/h10,12-15,19-21H,5-9H2,1-4H3/t10-,12+,13-,14+,15-,16+,17-/m1/s1. The Labute approximate surface area is 132 Å². The van der Waals surface area contributed by atoms with Crippen LogP contribution in [0.1, 0.15) is 53.4 Å². The Morgan fingerprint density at radius 2 is 1.91 bits per heavy atom. The summed E-state index contributed by atoms with van der Waals surface area (Å²) in [5.41, 5.74) is -1.44. The maximum absolute atomic E-state index is 11.0. The van der Waals surface area contributed by atoms with Crippen LogP contribution in [0.4, 0.5) is 0 Å². The maximum atomic E-state index is 11.0. The molecule has 0 radical (unpaired) electrons. The van der Waals surface area contributed by atoms with Gasteiger partial charge in [0, 0.05) is 18.3 Å². The van der Waals surface area contributed by atoms with E-state index < -0.39 is 23.2 Å². The molecule has 5 heteroatoms. The minimum Gasteiger partial charge on any atom is -0.466 e. The highest BCUT2D eigenvalue weighted by Crippen LogP contribution is 2.56. The third-order valence-corrected chi connectivity index (χ3v) is 6.14. The first-order valence-electron chi connectivity index (χ1n) is 8.31. The number of carbonyl (C=O) groups excluding carboxylic acids is 1. The Kier molecular flexibility index (Phi) is 4.91. The molecule has 5 nitrogen and oxygen atoms in total. The van der Waals surface area contributed by atoms with Crippen LogP contribution in [0, 0.1) is 23.2 Å². The van der Waals surface area contributed by atoms with Crippen molar-refractivity contribution < 1.29 is 24.9 Å². The molecule has 7 atom stereocenters. The topological polar surface area (TPSA) is 87.0 Å². The molecule has 0 aromatic rings. The summed E-state index contributed by atoms with van der Waals surface area (Å²) in [6, 6.07) is 0. The zero-order chi connectivity index (χ0) is 16.7. The molecule has 22 heavy (non-hydrogen) atoms. The average Bonchev–Trinajstić information content (AvgIpc) is 2.40. The lowest BCUT2D eigenvalue weighted by Crippen LogP contribution is -2.63. The molecule has 0 aliphatic heterocycles. The third-order valence-electron chi connectivity index (χ3n) is 6.14. The summed E-state index contributed by atoms with van der Waals surface area (Å²) in [7, 11) is 0. The molecule has 0 amide bonds. The predicted molar refractivity (Wildman–Crippen MR) is 82.0 cm³/mol. The SMILES string of the molecule is CC(=O)OC[C@@H](C)[C@@H]1CC[C@@]2(C)[C@H](O)CC[C@@](C)(O)[C@@H]2[C@H]1O. The highest BCUT2D eigenvalue weighted by Gasteiger charge is 2.59. The lowest BCUT2D eigenvalue weighted by molar-refractivity contribution is -0.221. The van der Waals surface area contributed by atoms with Gasteiger partial charge < -0.3 is 20.1 Å². The summed E-state index contributed by atoms with van der Waals surface area (Å²) in [4.78, 5) is 11.0. The lowest BCUT2D eigenvalue weighted by atomic mass is 9.50. The molecule has 0 bridgehead atoms. The van der Waals surface area contributed by atoms with Crippen LogP contribution >= 0.6 is 0 Å². The molecule has 0 heterocycles. The van der Waals surface area contributed by atoms with E-state index in [1.807, 2.05) is 13.8 Å². The van der Waals surface area contributed by atoms with E-state index in [0.29, 0.717) is 12.8 Å². The summed E-state index contributed by atoms with van der Waals surface area (Å²) in [6.45, 7) is 7.37. The molecule has 2 saturated carbocycles. The number of ether oxygens (including phenoxy) is 1. The molecule has 2 fully saturated rings. The summed E-state index contributed by atoms with van der Waals surface area (Å²) < 4.78 is 5.08. The fraction of sp³-hybridized carbons (Fsp3) is 0.941. The minimum absolute atomic E-state index is 0.0262. The molecule has 128 valence electrons. The molecule has 0 aromatic carbocycles. The van der Waals surface area contributed by atoms with Crippen LogP contribution in [-0.4, -0.2) is 45.7 Å². The van der Waals surface area contributed by atoms with Gasteiger partial charge in [-0.1, -0.05) is 13.8 Å². The van der Waals surface area contributed by atoms with E-state index in [1.54, 1.807) is 6.92 Å². The zero-order valence-corrected chi connectivity index (χ0v) is 14.1. The number of hydrogen-bond donors (Lipinski definition) is 3. The van der Waals surface area contributed by atoms with Crippen molar-refractivity contribution in [3.05, 3.63) is 0 Å². The van der Waals surface area contributed by atoms with Crippen LogP contribution in [0.2, 0.25) is 0 Å². The monoisotopic (exact) mass is 314 g/mol. The van der Waals surface area contributed by atoms with Crippen molar-refractivity contribution in [2.45, 2.75) is 71.2 Å². The lowest BCUT2D eigenvalue weighted by Gasteiger charge is -2.58. The normalized spacial score (nSPS) is 46.7. The molecule has 0 spiro atoms. The number of hydrogen-bond acceptors (Lipinski definition) is 5. The fourth-order valence-corrected chi connectivity index (χ4v) is 4.80. The molecular formula is C17H30O5. The molecule has 0 aromatic heterocycles. The van der Waals surface area contributed by atoms with E-state index in [9.17, 15) is 20.1 Å². The van der Waals surface area contributed by atoms with E-state index >= 15 is 0 Å². The Morgan fingerprint density at radius 1 is 1.27 bits per heavy atom. The van der Waals surface area contributed by atoms with Gasteiger partial charge in [-0.3, -0.25) is 4.79 Å². The highest BCUT2D eigenvalue weighted by atomic mass is 16.5. The number of fused-ring (bicyclic) bond motifs is 1. The Hall–Kier alpha value is -0.650. The van der Waals surface area contributed by atoms with E-state index in [-0.39, 0.29) is 30.3 Å². The van der Waals surface area contributed by atoms with Crippen LogP contribution in [0.25, 0.3) is 0 Å². The number of carbonyl (C=O) groups is 1. The molecule has 3 N–H and O–H groups in total. The van der Waals surface area contributed by atoms with Gasteiger partial charge in [-0.15, -0.1) is 0 Å². The van der Waals surface area contributed by atoms with Gasteiger partial charge >= 0.3 is 5.97 Å². The fourth-order valence-electron chi connectivity index (χ4n) is 4.80. The van der Waals surface area contributed by atoms with Gasteiger partial charge in [-0.25, -0.2) is 0 Å². The first-order chi connectivity index (χ1) is 10.1. The zero-order valence-electron chi connectivity index (χ0n) is 14.1. The number of esters is 1. The van der Waals surface area contributed by atoms with E-state index in [2.05, 4.69) is 0 Å². The number of aliphatic hydroxyl groups excluding tert-OH is 2. The van der Waals surface area contributed by atoms with Crippen molar-refractivity contribution in [1.29, 1.82) is 0 Å². The average molecular weight is 314 g/mol. The number of rotatable bonds is 3. The molecule has 0 unspecified atom stereocenters. The van der Waals surface area contributed by atoms with Crippen molar-refractivity contribution in [1.82, 2.24) is 0 Å². The second-order valence-corrected chi connectivity index (χ2v) is 7.87. The molecule has 2 aliphatic carbocycles. The van der Waals surface area contributed by atoms with Crippen LogP contribution in [-0.2, 0) is 9.53 Å². The Morgan fingerprint density at radius 3 is 2.50 bits per heavy atom. The Balaban J connectivity index is 2.18. The van der Waals surface area contributed by atoms with E-state index in [1.165, 1.54) is 6.92 Å². The van der Waals surface area contributed by atoms with Crippen molar-refractivity contribution in [2.24, 2.45) is 23.2 Å². The summed E-state index contributed by atoms with van der Waals surface area (Å²) >= 11 is 0. The molecule has 0 saturated heterocycles. The van der Waals surface area contributed by atoms with Crippen molar-refractivity contribution in [2.75, 3.05) is 6.61 Å². The van der Waals surface area contributed by atoms with Gasteiger partial charge in [-0.05, 0) is 44.4 Å². The van der Waals surface area contributed by atoms with Gasteiger partial charge in [0.15, 0.2) is 0 Å². The molecular weight excluding hydrogens is 284 g/mol. The quantitative estimate of drug-likeness (QED) is 0.687. The second-order valence-electron chi connectivity index (χ2n) is 7.87. The van der Waals surface area contributed by atoms with Crippen molar-refractivity contribution >= 4 is 5.97 Å². The third kappa shape index (κ3) is 3.03. The van der Waals surface area contributed by atoms with Crippen LogP contribution in [0.3, 0.4) is 0 Å². The van der Waals surface area contributed by atoms with Crippen LogP contribution < -0.4 is 0 Å². The predicted octanol–water partition coefficient (Wildman–Crippen LogP) is 1.48. The number of aliphatic hydroxyl groups is 3. The van der Waals surface area contributed by atoms with Gasteiger partial charge in [0.05, 0.1) is 24.4 Å². The van der Waals surface area contributed by atoms with Crippen molar-refractivity contribution in [3.63, 3.8) is 0 Å². The largest absolute Gasteiger partial charge is 0.466 e. The highest BCUT2D eigenvalue weighted by molar-refractivity contribution is 5.65. The first kappa shape index (κ1) is 17.7. The van der Waals surface area contributed by atoms with Crippen LogP contribution in [0.15, 0.2) is 0 Å². The van der Waals surface area contributed by atoms with E-state index in [0.717, 1.165) is 12.8 Å². The van der Waals surface area contributed by atoms with Gasteiger partial charge in [0.25, 0.3) is 0 Å². The molecule has 2 aliphatic rings. The molecule has 2 rings (SSSR count).